The number of anilines is 2. The number of nitrogens with zero attached hydrogens (tertiary/aromatic N) is 2. The fourth-order valence-corrected chi connectivity index (χ4v) is 2.76. The van der Waals surface area contributed by atoms with E-state index in [4.69, 9.17) is 4.42 Å². The summed E-state index contributed by atoms with van der Waals surface area (Å²) in [4.78, 5) is 28.2. The van der Waals surface area contributed by atoms with Crippen LogP contribution in [0.15, 0.2) is 41.0 Å². The second kappa shape index (κ2) is 9.08. The molecule has 0 fully saturated rings. The van der Waals surface area contributed by atoms with Gasteiger partial charge in [-0.25, -0.2) is 0 Å². The van der Waals surface area contributed by atoms with Crippen LogP contribution >= 0.6 is 0 Å². The van der Waals surface area contributed by atoms with Gasteiger partial charge >= 0.3 is 0 Å². The van der Waals surface area contributed by atoms with Crippen LogP contribution in [0.5, 0.6) is 0 Å². The molecule has 0 aliphatic heterocycles. The van der Waals surface area contributed by atoms with Crippen LogP contribution in [-0.4, -0.2) is 37.4 Å². The first-order valence-corrected chi connectivity index (χ1v) is 8.89. The highest BCUT2D eigenvalue weighted by Crippen LogP contribution is 2.25. The number of carbonyl (C=O) groups is 2. The molecule has 1 N–H and O–H groups in total. The Morgan fingerprint density at radius 1 is 1.15 bits per heavy atom. The molecule has 6 nitrogen and oxygen atoms in total. The smallest absolute Gasteiger partial charge is 0.289 e. The molecule has 2 rings (SSSR count). The zero-order valence-electron chi connectivity index (χ0n) is 15.9. The number of nitrogens with one attached hydrogen (secondary N) is 1. The van der Waals surface area contributed by atoms with Gasteiger partial charge in [-0.1, -0.05) is 13.8 Å². The largest absolute Gasteiger partial charge is 0.459 e. The Bertz CT molecular complexity index is 739. The van der Waals surface area contributed by atoms with Crippen LogP contribution in [0.1, 0.15) is 42.8 Å². The maximum Gasteiger partial charge on any atom is 0.289 e. The highest BCUT2D eigenvalue weighted by molar-refractivity contribution is 5.92. The molecule has 0 unspecified atom stereocenters. The van der Waals surface area contributed by atoms with Crippen LogP contribution in [0.2, 0.25) is 0 Å². The molecular formula is C20H27N3O3. The third-order valence-corrected chi connectivity index (χ3v) is 4.04. The van der Waals surface area contributed by atoms with Gasteiger partial charge < -0.3 is 19.5 Å². The fourth-order valence-electron chi connectivity index (χ4n) is 2.76. The van der Waals surface area contributed by atoms with Crippen LogP contribution in [0.3, 0.4) is 0 Å². The van der Waals surface area contributed by atoms with Crippen molar-refractivity contribution in [3.05, 3.63) is 47.9 Å². The van der Waals surface area contributed by atoms with Crippen molar-refractivity contribution in [3.8, 4) is 0 Å². The Labute approximate surface area is 154 Å². The summed E-state index contributed by atoms with van der Waals surface area (Å²) < 4.78 is 5.27. The predicted molar refractivity (Wildman–Crippen MR) is 103 cm³/mol. The number of amides is 2. The first-order chi connectivity index (χ1) is 12.5. The zero-order chi connectivity index (χ0) is 19.1. The summed E-state index contributed by atoms with van der Waals surface area (Å²) in [5.41, 5.74) is 2.71. The van der Waals surface area contributed by atoms with Crippen LogP contribution < -0.4 is 10.2 Å². The number of hydrogen-bond acceptors (Lipinski definition) is 4. The first-order valence-electron chi connectivity index (χ1n) is 8.89. The minimum Gasteiger partial charge on any atom is -0.459 e. The van der Waals surface area contributed by atoms with E-state index in [1.165, 1.54) is 6.26 Å². The Kier molecular flexibility index (Phi) is 6.83. The van der Waals surface area contributed by atoms with Gasteiger partial charge in [0.1, 0.15) is 0 Å². The molecule has 0 aliphatic carbocycles. The molecule has 1 heterocycles. The number of rotatable bonds is 8. The number of hydrogen-bond donors (Lipinski definition) is 1. The summed E-state index contributed by atoms with van der Waals surface area (Å²) >= 11 is 0. The molecule has 0 saturated heterocycles. The fraction of sp³-hybridized carbons (Fsp3) is 0.400. The second-order valence-electron chi connectivity index (χ2n) is 6.34. The average Bonchev–Trinajstić information content (AvgIpc) is 3.15. The highest BCUT2D eigenvalue weighted by Gasteiger charge is 2.20. The van der Waals surface area contributed by atoms with E-state index in [1.54, 1.807) is 17.0 Å². The molecule has 0 aliphatic rings. The topological polar surface area (TPSA) is 65.8 Å². The van der Waals surface area contributed by atoms with Gasteiger partial charge in [-0.3, -0.25) is 9.59 Å². The van der Waals surface area contributed by atoms with Crippen molar-refractivity contribution in [2.24, 2.45) is 0 Å². The van der Waals surface area contributed by atoms with Gasteiger partial charge in [0.15, 0.2) is 5.76 Å². The highest BCUT2D eigenvalue weighted by atomic mass is 16.3. The quantitative estimate of drug-likeness (QED) is 0.781. The Morgan fingerprint density at radius 3 is 2.50 bits per heavy atom. The Morgan fingerprint density at radius 2 is 1.92 bits per heavy atom. The summed E-state index contributed by atoms with van der Waals surface area (Å²) in [6.07, 6.45) is 2.77. The molecule has 26 heavy (non-hydrogen) atoms. The lowest BCUT2D eigenvalue weighted by Gasteiger charge is -2.25. The van der Waals surface area contributed by atoms with E-state index in [2.05, 4.69) is 5.32 Å². The maximum absolute atomic E-state index is 12.7. The minimum atomic E-state index is -0.135. The van der Waals surface area contributed by atoms with E-state index in [0.717, 1.165) is 23.4 Å². The van der Waals surface area contributed by atoms with E-state index >= 15 is 0 Å². The molecule has 140 valence electrons. The van der Waals surface area contributed by atoms with Crippen molar-refractivity contribution < 1.29 is 14.0 Å². The Hall–Kier alpha value is -2.76. The van der Waals surface area contributed by atoms with Crippen LogP contribution in [-0.2, 0) is 11.3 Å². The van der Waals surface area contributed by atoms with E-state index in [0.29, 0.717) is 25.3 Å². The van der Waals surface area contributed by atoms with Crippen molar-refractivity contribution in [2.45, 2.75) is 33.2 Å². The maximum atomic E-state index is 12.7. The van der Waals surface area contributed by atoms with Crippen molar-refractivity contribution in [1.29, 1.82) is 0 Å². The lowest BCUT2D eigenvalue weighted by molar-refractivity contribution is -0.115. The zero-order valence-corrected chi connectivity index (χ0v) is 15.9. The minimum absolute atomic E-state index is 0.0365. The van der Waals surface area contributed by atoms with Gasteiger partial charge in [0.25, 0.3) is 5.91 Å². The number of furan rings is 1. The van der Waals surface area contributed by atoms with Gasteiger partial charge in [-0.2, -0.15) is 0 Å². The number of carbonyl (C=O) groups excluding carboxylic acids is 2. The summed E-state index contributed by atoms with van der Waals surface area (Å²) in [5.74, 6) is 0.162. The molecular weight excluding hydrogens is 330 g/mol. The molecule has 2 amide bonds. The van der Waals surface area contributed by atoms with Crippen LogP contribution in [0.25, 0.3) is 0 Å². The van der Waals surface area contributed by atoms with E-state index in [-0.39, 0.29) is 11.8 Å². The molecule has 0 spiro atoms. The molecule has 6 heteroatoms. The van der Waals surface area contributed by atoms with E-state index in [1.807, 2.05) is 51.0 Å². The second-order valence-corrected chi connectivity index (χ2v) is 6.34. The molecule has 1 aromatic heterocycles. The summed E-state index contributed by atoms with van der Waals surface area (Å²) in [5, 5.41) is 2.88. The number of benzene rings is 1. The van der Waals surface area contributed by atoms with Crippen molar-refractivity contribution >= 4 is 23.2 Å². The molecule has 0 saturated carbocycles. The third-order valence-electron chi connectivity index (χ3n) is 4.04. The van der Waals surface area contributed by atoms with Gasteiger partial charge in [-0.05, 0) is 42.3 Å². The van der Waals surface area contributed by atoms with Crippen molar-refractivity contribution in [3.63, 3.8) is 0 Å². The lowest BCUT2D eigenvalue weighted by atomic mass is 10.1. The van der Waals surface area contributed by atoms with Crippen LogP contribution in [0, 0.1) is 0 Å². The first kappa shape index (κ1) is 19.6. The standard InChI is InChI=1S/C20H27N3O3/c1-5-11-23(20(25)18-8-7-12-26-18)14-15-13-16(21-19(24)6-2)9-10-17(15)22(3)4/h7-10,12-13H,5-6,11,14H2,1-4H3,(H,21,24). The van der Waals surface area contributed by atoms with Gasteiger partial charge in [0, 0.05) is 45.0 Å². The van der Waals surface area contributed by atoms with Crippen LogP contribution in [0.4, 0.5) is 11.4 Å². The van der Waals surface area contributed by atoms with Gasteiger partial charge in [-0.15, -0.1) is 0 Å². The molecule has 1 aromatic carbocycles. The lowest BCUT2D eigenvalue weighted by Crippen LogP contribution is -2.31. The third kappa shape index (κ3) is 4.88. The summed E-state index contributed by atoms with van der Waals surface area (Å²) in [6.45, 7) is 4.91. The SMILES string of the molecule is CCCN(Cc1cc(NC(=O)CC)ccc1N(C)C)C(=O)c1ccco1. The monoisotopic (exact) mass is 357 g/mol. The van der Waals surface area contributed by atoms with Gasteiger partial charge in [0.05, 0.1) is 6.26 Å². The molecule has 0 bridgehead atoms. The van der Waals surface area contributed by atoms with Gasteiger partial charge in [0.2, 0.25) is 5.91 Å². The van der Waals surface area contributed by atoms with Crippen molar-refractivity contribution in [1.82, 2.24) is 4.90 Å². The average molecular weight is 357 g/mol. The molecule has 2 aromatic rings. The van der Waals surface area contributed by atoms with E-state index < -0.39 is 0 Å². The van der Waals surface area contributed by atoms with Crippen molar-refractivity contribution in [2.75, 3.05) is 30.9 Å². The van der Waals surface area contributed by atoms with E-state index in [9.17, 15) is 9.59 Å². The normalized spacial score (nSPS) is 10.5. The summed E-state index contributed by atoms with van der Waals surface area (Å²) in [6, 6.07) is 9.16. The Balaban J connectivity index is 2.31. The molecule has 0 radical (unpaired) electrons. The summed E-state index contributed by atoms with van der Waals surface area (Å²) in [7, 11) is 3.92. The molecule has 0 atom stereocenters. The predicted octanol–water partition coefficient (Wildman–Crippen LogP) is 3.75.